The number of likely N-dealkylation sites (tertiary alicyclic amines) is 1. The predicted molar refractivity (Wildman–Crippen MR) is 70.0 cm³/mol. The Balaban J connectivity index is 1.98. The first kappa shape index (κ1) is 13.5. The van der Waals surface area contributed by atoms with Crippen molar-refractivity contribution < 1.29 is 14.0 Å². The average molecular weight is 264 g/mol. The van der Waals surface area contributed by atoms with E-state index in [9.17, 15) is 14.0 Å². The largest absolute Gasteiger partial charge is 0.339 e. The molecule has 1 aliphatic heterocycles. The summed E-state index contributed by atoms with van der Waals surface area (Å²) < 4.78 is 12.8. The van der Waals surface area contributed by atoms with Crippen LogP contribution in [-0.2, 0) is 9.59 Å². The number of benzene rings is 1. The fraction of sp³-hybridized carbons (Fsp3) is 0.429. The van der Waals surface area contributed by atoms with E-state index in [4.69, 9.17) is 0 Å². The number of carbonyl (C=O) groups excluding carboxylic acids is 2. The summed E-state index contributed by atoms with van der Waals surface area (Å²) in [5.74, 6) is -0.864. The van der Waals surface area contributed by atoms with Gasteiger partial charge in [-0.1, -0.05) is 0 Å². The summed E-state index contributed by atoms with van der Waals surface area (Å²) in [4.78, 5) is 25.5. The molecule has 1 aromatic carbocycles. The van der Waals surface area contributed by atoms with E-state index >= 15 is 0 Å². The zero-order valence-corrected chi connectivity index (χ0v) is 11.0. The maximum atomic E-state index is 12.8. The summed E-state index contributed by atoms with van der Waals surface area (Å²) in [6.45, 7) is 4.31. The third-order valence-corrected chi connectivity index (χ3v) is 3.26. The van der Waals surface area contributed by atoms with Crippen LogP contribution in [0.25, 0.3) is 0 Å². The van der Waals surface area contributed by atoms with E-state index < -0.39 is 0 Å². The molecule has 1 N–H and O–H groups in total. The third kappa shape index (κ3) is 3.10. The summed E-state index contributed by atoms with van der Waals surface area (Å²) in [7, 11) is 0. The molecule has 102 valence electrons. The van der Waals surface area contributed by atoms with Gasteiger partial charge >= 0.3 is 0 Å². The van der Waals surface area contributed by atoms with Crippen LogP contribution in [0.5, 0.6) is 0 Å². The molecule has 1 heterocycles. The van der Waals surface area contributed by atoms with Crippen LogP contribution in [0.1, 0.15) is 20.3 Å². The van der Waals surface area contributed by atoms with E-state index in [-0.39, 0.29) is 36.0 Å². The molecule has 2 amide bonds. The van der Waals surface area contributed by atoms with Crippen LogP contribution in [0.3, 0.4) is 0 Å². The van der Waals surface area contributed by atoms with Crippen molar-refractivity contribution in [2.45, 2.75) is 26.3 Å². The summed E-state index contributed by atoms with van der Waals surface area (Å²) in [5, 5.41) is 2.71. The first-order chi connectivity index (χ1) is 8.97. The zero-order chi connectivity index (χ0) is 14.0. The van der Waals surface area contributed by atoms with Crippen molar-refractivity contribution >= 4 is 17.5 Å². The van der Waals surface area contributed by atoms with E-state index in [1.807, 2.05) is 13.8 Å². The molecule has 0 radical (unpaired) electrons. The van der Waals surface area contributed by atoms with Gasteiger partial charge in [-0.15, -0.1) is 0 Å². The minimum absolute atomic E-state index is 0.00857. The molecule has 4 nitrogen and oxygen atoms in total. The normalized spacial score (nSPS) is 19.1. The van der Waals surface area contributed by atoms with Crippen LogP contribution in [0.4, 0.5) is 10.1 Å². The number of amides is 2. The monoisotopic (exact) mass is 264 g/mol. The fourth-order valence-corrected chi connectivity index (χ4v) is 2.18. The number of rotatable bonds is 3. The Morgan fingerprint density at radius 3 is 2.53 bits per heavy atom. The molecule has 1 aliphatic rings. The highest BCUT2D eigenvalue weighted by molar-refractivity contribution is 5.97. The molecule has 19 heavy (non-hydrogen) atoms. The maximum absolute atomic E-state index is 12.8. The first-order valence-corrected chi connectivity index (χ1v) is 6.33. The average Bonchev–Trinajstić information content (AvgIpc) is 2.74. The second kappa shape index (κ2) is 5.38. The topological polar surface area (TPSA) is 49.4 Å². The van der Waals surface area contributed by atoms with E-state index in [0.717, 1.165) is 0 Å². The maximum Gasteiger partial charge on any atom is 0.229 e. The van der Waals surface area contributed by atoms with Crippen molar-refractivity contribution in [3.05, 3.63) is 30.1 Å². The standard InChI is InChI=1S/C14H17FN2O2/c1-9(2)17-8-10(7-13(17)18)14(19)16-12-5-3-11(15)4-6-12/h3-6,9-10H,7-8H2,1-2H3,(H,16,19)/t10-/m1/s1. The molecule has 0 spiro atoms. The molecular formula is C14H17FN2O2. The SMILES string of the molecule is CC(C)N1C[C@H](C(=O)Nc2ccc(F)cc2)CC1=O. The molecule has 0 saturated carbocycles. The van der Waals surface area contributed by atoms with Gasteiger partial charge in [-0.3, -0.25) is 9.59 Å². The minimum Gasteiger partial charge on any atom is -0.339 e. The molecule has 1 fully saturated rings. The molecule has 0 aliphatic carbocycles. The highest BCUT2D eigenvalue weighted by Crippen LogP contribution is 2.21. The van der Waals surface area contributed by atoms with Crippen LogP contribution in [0.2, 0.25) is 0 Å². The lowest BCUT2D eigenvalue weighted by atomic mass is 10.1. The molecule has 2 rings (SSSR count). The molecule has 1 saturated heterocycles. The lowest BCUT2D eigenvalue weighted by Gasteiger charge is -2.20. The zero-order valence-electron chi connectivity index (χ0n) is 11.0. The third-order valence-electron chi connectivity index (χ3n) is 3.26. The van der Waals surface area contributed by atoms with Crippen LogP contribution >= 0.6 is 0 Å². The van der Waals surface area contributed by atoms with Crippen molar-refractivity contribution in [3.63, 3.8) is 0 Å². The van der Waals surface area contributed by atoms with Crippen LogP contribution in [-0.4, -0.2) is 29.3 Å². The van der Waals surface area contributed by atoms with Crippen molar-refractivity contribution in [3.8, 4) is 0 Å². The molecule has 1 atom stereocenters. The number of nitrogens with zero attached hydrogens (tertiary/aromatic N) is 1. The molecular weight excluding hydrogens is 247 g/mol. The van der Waals surface area contributed by atoms with Gasteiger partial charge in [-0.05, 0) is 38.1 Å². The Labute approximate surface area is 111 Å². The van der Waals surface area contributed by atoms with Crippen LogP contribution in [0.15, 0.2) is 24.3 Å². The molecule has 5 heteroatoms. The van der Waals surface area contributed by atoms with Gasteiger partial charge < -0.3 is 10.2 Å². The van der Waals surface area contributed by atoms with E-state index in [0.29, 0.717) is 12.2 Å². The second-order valence-electron chi connectivity index (χ2n) is 5.04. The van der Waals surface area contributed by atoms with Crippen LogP contribution in [0, 0.1) is 11.7 Å². The molecule has 0 unspecified atom stereocenters. The van der Waals surface area contributed by atoms with Crippen molar-refractivity contribution in [1.29, 1.82) is 0 Å². The van der Waals surface area contributed by atoms with Crippen molar-refractivity contribution in [2.75, 3.05) is 11.9 Å². The number of hydrogen-bond acceptors (Lipinski definition) is 2. The van der Waals surface area contributed by atoms with Crippen LogP contribution < -0.4 is 5.32 Å². The number of nitrogens with one attached hydrogen (secondary N) is 1. The van der Waals surface area contributed by atoms with Gasteiger partial charge in [0.15, 0.2) is 0 Å². The lowest BCUT2D eigenvalue weighted by Crippen LogP contribution is -2.33. The molecule has 1 aromatic rings. The summed E-state index contributed by atoms with van der Waals surface area (Å²) in [6.07, 6.45) is 0.241. The second-order valence-corrected chi connectivity index (χ2v) is 5.04. The van der Waals surface area contributed by atoms with Gasteiger partial charge in [-0.2, -0.15) is 0 Å². The minimum atomic E-state index is -0.347. The van der Waals surface area contributed by atoms with Gasteiger partial charge in [0.05, 0.1) is 5.92 Å². The predicted octanol–water partition coefficient (Wildman–Crippen LogP) is 2.02. The number of carbonyl (C=O) groups is 2. The Hall–Kier alpha value is -1.91. The highest BCUT2D eigenvalue weighted by Gasteiger charge is 2.35. The summed E-state index contributed by atoms with van der Waals surface area (Å²) in [6, 6.07) is 5.69. The number of anilines is 1. The quantitative estimate of drug-likeness (QED) is 0.908. The number of halogens is 1. The molecule has 0 bridgehead atoms. The van der Waals surface area contributed by atoms with Gasteiger partial charge in [0, 0.05) is 24.7 Å². The summed E-state index contributed by atoms with van der Waals surface area (Å²) >= 11 is 0. The van der Waals surface area contributed by atoms with E-state index in [1.54, 1.807) is 4.90 Å². The van der Waals surface area contributed by atoms with E-state index in [1.165, 1.54) is 24.3 Å². The van der Waals surface area contributed by atoms with Crippen molar-refractivity contribution in [1.82, 2.24) is 4.90 Å². The lowest BCUT2D eigenvalue weighted by molar-refractivity contribution is -0.129. The van der Waals surface area contributed by atoms with Crippen molar-refractivity contribution in [2.24, 2.45) is 5.92 Å². The Morgan fingerprint density at radius 1 is 1.37 bits per heavy atom. The Kier molecular flexibility index (Phi) is 3.83. The van der Waals surface area contributed by atoms with Gasteiger partial charge in [0.25, 0.3) is 0 Å². The van der Waals surface area contributed by atoms with Gasteiger partial charge in [-0.25, -0.2) is 4.39 Å². The fourth-order valence-electron chi connectivity index (χ4n) is 2.18. The smallest absolute Gasteiger partial charge is 0.229 e. The Morgan fingerprint density at radius 2 is 2.00 bits per heavy atom. The Bertz CT molecular complexity index is 485. The van der Waals surface area contributed by atoms with E-state index in [2.05, 4.69) is 5.32 Å². The summed E-state index contributed by atoms with van der Waals surface area (Å²) in [5.41, 5.74) is 0.543. The van der Waals surface area contributed by atoms with Gasteiger partial charge in [0.2, 0.25) is 11.8 Å². The first-order valence-electron chi connectivity index (χ1n) is 6.33. The molecule has 0 aromatic heterocycles. The number of hydrogen-bond donors (Lipinski definition) is 1. The highest BCUT2D eigenvalue weighted by atomic mass is 19.1. The van der Waals surface area contributed by atoms with Gasteiger partial charge in [0.1, 0.15) is 5.82 Å².